The number of nitrogens with zero attached hydrogens (tertiary/aromatic N) is 2. The molecule has 0 radical (unpaired) electrons. The van der Waals surface area contributed by atoms with Crippen molar-refractivity contribution in [3.05, 3.63) is 0 Å². The normalized spacial score (nSPS) is 45.0. The number of hydrogen-bond donors (Lipinski definition) is 0. The third-order valence-corrected chi connectivity index (χ3v) is 3.54. The molecule has 0 amide bonds. The van der Waals surface area contributed by atoms with Gasteiger partial charge >= 0.3 is 0 Å². The van der Waals surface area contributed by atoms with Gasteiger partial charge in [0.05, 0.1) is 14.1 Å². The Bertz CT molecular complexity index is 111. The van der Waals surface area contributed by atoms with Gasteiger partial charge in [-0.3, -0.25) is 0 Å². The molecule has 3 heterocycles. The van der Waals surface area contributed by atoms with Gasteiger partial charge in [0.15, 0.2) is 0 Å². The molecule has 3 fully saturated rings. The van der Waals surface area contributed by atoms with E-state index in [4.69, 9.17) is 0 Å². The molecule has 2 nitrogen and oxygen atoms in total. The molecule has 3 rings (SSSR count). The topological polar surface area (TPSA) is 0 Å². The molecular weight excluding hydrogens is 148 g/mol. The van der Waals surface area contributed by atoms with Gasteiger partial charge in [0.2, 0.25) is 0 Å². The first-order valence-corrected chi connectivity index (χ1v) is 5.29. The molecule has 0 spiro atoms. The molecule has 2 heteroatoms. The molecule has 0 aliphatic carbocycles. The SMILES string of the molecule is CC.C[N+]12CC[N+](C)(CC1)CC2. The third kappa shape index (κ3) is 1.80. The lowest BCUT2D eigenvalue weighted by atomic mass is 10.1. The summed E-state index contributed by atoms with van der Waals surface area (Å²) < 4.78 is 2.71. The van der Waals surface area contributed by atoms with Crippen LogP contribution in [0.2, 0.25) is 0 Å². The van der Waals surface area contributed by atoms with Crippen LogP contribution in [0, 0.1) is 0 Å². The van der Waals surface area contributed by atoms with Crippen molar-refractivity contribution in [3.8, 4) is 0 Å². The van der Waals surface area contributed by atoms with Gasteiger partial charge in [-0.15, -0.1) is 0 Å². The van der Waals surface area contributed by atoms with E-state index in [2.05, 4.69) is 14.1 Å². The van der Waals surface area contributed by atoms with Crippen molar-refractivity contribution in [2.24, 2.45) is 0 Å². The Labute approximate surface area is 77.0 Å². The number of quaternary nitrogens is 2. The first-order chi connectivity index (χ1) is 5.62. The smallest absolute Gasteiger partial charge is 0.129 e. The van der Waals surface area contributed by atoms with Crippen molar-refractivity contribution in [2.75, 3.05) is 53.4 Å². The number of piperazine rings is 3. The summed E-state index contributed by atoms with van der Waals surface area (Å²) in [7, 11) is 4.81. The fraction of sp³-hybridized carbons (Fsp3) is 1.00. The van der Waals surface area contributed by atoms with Crippen molar-refractivity contribution >= 4 is 0 Å². The molecule has 3 aliphatic heterocycles. The second-order valence-electron chi connectivity index (χ2n) is 4.58. The monoisotopic (exact) mass is 172 g/mol. The lowest BCUT2D eigenvalue weighted by molar-refractivity contribution is -1.06. The summed E-state index contributed by atoms with van der Waals surface area (Å²) in [6.07, 6.45) is 0. The van der Waals surface area contributed by atoms with E-state index in [1.807, 2.05) is 13.8 Å². The molecule has 72 valence electrons. The summed E-state index contributed by atoms with van der Waals surface area (Å²) >= 11 is 0. The highest BCUT2D eigenvalue weighted by Crippen LogP contribution is 2.21. The zero-order chi connectivity index (χ0) is 9.24. The van der Waals surface area contributed by atoms with Gasteiger partial charge in [0, 0.05) is 0 Å². The minimum Gasteiger partial charge on any atom is -0.312 e. The van der Waals surface area contributed by atoms with E-state index in [1.165, 1.54) is 48.2 Å². The van der Waals surface area contributed by atoms with E-state index in [-0.39, 0.29) is 0 Å². The molecule has 0 aromatic rings. The summed E-state index contributed by atoms with van der Waals surface area (Å²) in [5, 5.41) is 0. The first kappa shape index (κ1) is 10.0. The average molecular weight is 172 g/mol. The summed E-state index contributed by atoms with van der Waals surface area (Å²) in [6, 6.07) is 0. The van der Waals surface area contributed by atoms with Crippen LogP contribution in [0.1, 0.15) is 13.8 Å². The van der Waals surface area contributed by atoms with Crippen LogP contribution in [-0.2, 0) is 0 Å². The number of likely N-dealkylation sites (N-methyl/N-ethyl adjacent to an activating group) is 2. The van der Waals surface area contributed by atoms with Gasteiger partial charge in [-0.1, -0.05) is 13.8 Å². The van der Waals surface area contributed by atoms with Crippen molar-refractivity contribution in [3.63, 3.8) is 0 Å². The highest BCUT2D eigenvalue weighted by molar-refractivity contribution is 4.56. The van der Waals surface area contributed by atoms with Gasteiger partial charge in [-0.05, 0) is 0 Å². The Morgan fingerprint density at radius 3 is 0.917 bits per heavy atom. The van der Waals surface area contributed by atoms with Gasteiger partial charge in [-0.2, -0.15) is 0 Å². The second kappa shape index (κ2) is 3.35. The maximum Gasteiger partial charge on any atom is 0.129 e. The zero-order valence-corrected chi connectivity index (χ0v) is 9.14. The van der Waals surface area contributed by atoms with Gasteiger partial charge in [0.1, 0.15) is 39.3 Å². The number of rotatable bonds is 0. The predicted molar refractivity (Wildman–Crippen MR) is 52.9 cm³/mol. The molecular formula is C10H24N2+2. The molecule has 3 aliphatic rings. The summed E-state index contributed by atoms with van der Waals surface area (Å²) in [6.45, 7) is 12.5. The molecule has 2 bridgehead atoms. The highest BCUT2D eigenvalue weighted by atomic mass is 15.5. The highest BCUT2D eigenvalue weighted by Gasteiger charge is 2.43. The van der Waals surface area contributed by atoms with Crippen LogP contribution in [0.3, 0.4) is 0 Å². The van der Waals surface area contributed by atoms with Crippen molar-refractivity contribution in [1.82, 2.24) is 0 Å². The predicted octanol–water partition coefficient (Wildman–Crippen LogP) is 0.933. The Morgan fingerprint density at radius 2 is 0.750 bits per heavy atom. The first-order valence-electron chi connectivity index (χ1n) is 5.29. The largest absolute Gasteiger partial charge is 0.312 e. The van der Waals surface area contributed by atoms with Crippen molar-refractivity contribution in [2.45, 2.75) is 13.8 Å². The summed E-state index contributed by atoms with van der Waals surface area (Å²) in [5.74, 6) is 0. The Kier molecular flexibility index (Phi) is 2.79. The quantitative estimate of drug-likeness (QED) is 0.477. The van der Waals surface area contributed by atoms with E-state index in [0.717, 1.165) is 0 Å². The zero-order valence-electron chi connectivity index (χ0n) is 9.14. The fourth-order valence-electron chi connectivity index (χ4n) is 2.12. The van der Waals surface area contributed by atoms with Crippen molar-refractivity contribution < 1.29 is 8.97 Å². The molecule has 0 aromatic carbocycles. The maximum absolute atomic E-state index is 2.41. The van der Waals surface area contributed by atoms with Crippen LogP contribution in [0.4, 0.5) is 0 Å². The number of hydrogen-bond acceptors (Lipinski definition) is 0. The van der Waals surface area contributed by atoms with E-state index in [9.17, 15) is 0 Å². The molecule has 0 N–H and O–H groups in total. The van der Waals surface area contributed by atoms with Gasteiger partial charge in [-0.25, -0.2) is 0 Å². The Balaban J connectivity index is 0.000000336. The summed E-state index contributed by atoms with van der Waals surface area (Å²) in [4.78, 5) is 0. The van der Waals surface area contributed by atoms with Crippen LogP contribution in [0.5, 0.6) is 0 Å². The van der Waals surface area contributed by atoms with Crippen molar-refractivity contribution in [1.29, 1.82) is 0 Å². The van der Waals surface area contributed by atoms with Gasteiger partial charge in [0.25, 0.3) is 0 Å². The fourth-order valence-corrected chi connectivity index (χ4v) is 2.12. The standard InChI is InChI=1S/C8H18N2.C2H6/c1-9-3-6-10(2,7-4-9)8-5-9;1-2/h3-8H2,1-2H3;1-2H3/q+2;. The molecule has 0 atom stereocenters. The second-order valence-corrected chi connectivity index (χ2v) is 4.58. The van der Waals surface area contributed by atoms with E-state index < -0.39 is 0 Å². The van der Waals surface area contributed by atoms with Crippen LogP contribution >= 0.6 is 0 Å². The maximum atomic E-state index is 2.41. The molecule has 12 heavy (non-hydrogen) atoms. The Morgan fingerprint density at radius 1 is 0.583 bits per heavy atom. The lowest BCUT2D eigenvalue weighted by Crippen LogP contribution is -2.72. The van der Waals surface area contributed by atoms with E-state index in [0.29, 0.717) is 0 Å². The van der Waals surface area contributed by atoms with Gasteiger partial charge < -0.3 is 8.97 Å². The number of fused-ring (bicyclic) bond motifs is 3. The van der Waals surface area contributed by atoms with E-state index >= 15 is 0 Å². The third-order valence-electron chi connectivity index (χ3n) is 3.54. The van der Waals surface area contributed by atoms with Crippen LogP contribution in [-0.4, -0.2) is 62.3 Å². The van der Waals surface area contributed by atoms with Crippen LogP contribution < -0.4 is 0 Å². The molecule has 0 aromatic heterocycles. The average Bonchev–Trinajstić information content (AvgIpc) is 2.12. The summed E-state index contributed by atoms with van der Waals surface area (Å²) in [5.41, 5.74) is 0. The molecule has 3 saturated heterocycles. The molecule has 0 saturated carbocycles. The van der Waals surface area contributed by atoms with Crippen LogP contribution in [0.15, 0.2) is 0 Å². The molecule has 0 unspecified atom stereocenters. The minimum absolute atomic E-state index is 1.36. The van der Waals surface area contributed by atoms with E-state index in [1.54, 1.807) is 0 Å². The van der Waals surface area contributed by atoms with Crippen LogP contribution in [0.25, 0.3) is 0 Å². The minimum atomic E-state index is 1.36. The lowest BCUT2D eigenvalue weighted by Gasteiger charge is -2.52. The Hall–Kier alpha value is -0.0800.